The second kappa shape index (κ2) is 7.53. The molecule has 2 rings (SSSR count). The average molecular weight is 265 g/mol. The van der Waals surface area contributed by atoms with E-state index >= 15 is 0 Å². The molecule has 1 aromatic heterocycles. The number of nitrogens with zero attached hydrogens (tertiary/aromatic N) is 2. The van der Waals surface area contributed by atoms with Crippen LogP contribution in [0.4, 0.5) is 5.95 Å². The van der Waals surface area contributed by atoms with Gasteiger partial charge in [0.15, 0.2) is 0 Å². The van der Waals surface area contributed by atoms with Crippen molar-refractivity contribution in [1.82, 2.24) is 9.55 Å². The first kappa shape index (κ1) is 14.4. The van der Waals surface area contributed by atoms with Gasteiger partial charge in [0.2, 0.25) is 5.95 Å². The average Bonchev–Trinajstić information content (AvgIpc) is 2.81. The number of nitrogens with one attached hydrogen (secondary N) is 1. The van der Waals surface area contributed by atoms with E-state index < -0.39 is 0 Å². The zero-order valence-corrected chi connectivity index (χ0v) is 12.3. The topological polar surface area (TPSA) is 39.1 Å². The molecule has 1 saturated carbocycles. The SMILES string of the molecule is COCC(C)n1ccnc1NC1CCCCCCC1. The van der Waals surface area contributed by atoms with E-state index in [4.69, 9.17) is 4.74 Å². The Morgan fingerprint density at radius 3 is 2.68 bits per heavy atom. The molecule has 1 atom stereocenters. The maximum atomic E-state index is 5.23. The molecule has 0 aliphatic heterocycles. The van der Waals surface area contributed by atoms with Crippen molar-refractivity contribution in [3.8, 4) is 0 Å². The minimum Gasteiger partial charge on any atom is -0.383 e. The molecule has 1 fully saturated rings. The van der Waals surface area contributed by atoms with Gasteiger partial charge < -0.3 is 14.6 Å². The van der Waals surface area contributed by atoms with Crippen LogP contribution in [0.2, 0.25) is 0 Å². The molecule has 4 heteroatoms. The number of imidazole rings is 1. The number of ether oxygens (including phenoxy) is 1. The molecule has 108 valence electrons. The number of anilines is 1. The molecule has 1 N–H and O–H groups in total. The second-order valence-corrected chi connectivity index (χ2v) is 5.65. The van der Waals surface area contributed by atoms with Gasteiger partial charge in [0.05, 0.1) is 12.6 Å². The molecule has 0 radical (unpaired) electrons. The third-order valence-electron chi connectivity index (χ3n) is 3.99. The standard InChI is InChI=1S/C15H27N3O/c1-13(12-19-2)18-11-10-16-15(18)17-14-8-6-4-3-5-7-9-14/h10-11,13-14H,3-9,12H2,1-2H3,(H,16,17). The van der Waals surface area contributed by atoms with Gasteiger partial charge in [-0.3, -0.25) is 0 Å². The molecule has 19 heavy (non-hydrogen) atoms. The quantitative estimate of drug-likeness (QED) is 0.884. The van der Waals surface area contributed by atoms with Gasteiger partial charge in [-0.2, -0.15) is 0 Å². The lowest BCUT2D eigenvalue weighted by Crippen LogP contribution is -2.24. The van der Waals surface area contributed by atoms with Crippen LogP contribution < -0.4 is 5.32 Å². The molecular weight excluding hydrogens is 238 g/mol. The minimum absolute atomic E-state index is 0.323. The number of methoxy groups -OCH3 is 1. The van der Waals surface area contributed by atoms with Crippen molar-refractivity contribution < 1.29 is 4.74 Å². The van der Waals surface area contributed by atoms with Crippen molar-refractivity contribution in [2.75, 3.05) is 19.0 Å². The van der Waals surface area contributed by atoms with Crippen molar-refractivity contribution >= 4 is 5.95 Å². The summed E-state index contributed by atoms with van der Waals surface area (Å²) in [7, 11) is 1.75. The van der Waals surface area contributed by atoms with Crippen molar-refractivity contribution in [1.29, 1.82) is 0 Å². The Balaban J connectivity index is 1.95. The van der Waals surface area contributed by atoms with Crippen molar-refractivity contribution in [2.45, 2.75) is 64.0 Å². The highest BCUT2D eigenvalue weighted by molar-refractivity contribution is 5.28. The summed E-state index contributed by atoms with van der Waals surface area (Å²) in [5.41, 5.74) is 0. The predicted octanol–water partition coefficient (Wildman–Crippen LogP) is 3.62. The molecule has 0 bridgehead atoms. The van der Waals surface area contributed by atoms with E-state index in [0.29, 0.717) is 12.1 Å². The van der Waals surface area contributed by atoms with Crippen molar-refractivity contribution in [3.63, 3.8) is 0 Å². The highest BCUT2D eigenvalue weighted by Gasteiger charge is 2.15. The van der Waals surface area contributed by atoms with Crippen LogP contribution in [0.1, 0.15) is 57.9 Å². The van der Waals surface area contributed by atoms with Gasteiger partial charge in [0.25, 0.3) is 0 Å². The lowest BCUT2D eigenvalue weighted by atomic mass is 9.97. The summed E-state index contributed by atoms with van der Waals surface area (Å²) in [6.07, 6.45) is 13.3. The molecule has 0 spiro atoms. The van der Waals surface area contributed by atoms with Gasteiger partial charge >= 0.3 is 0 Å². The third-order valence-corrected chi connectivity index (χ3v) is 3.99. The van der Waals surface area contributed by atoms with Gasteiger partial charge in [-0.15, -0.1) is 0 Å². The fourth-order valence-corrected chi connectivity index (χ4v) is 2.89. The maximum Gasteiger partial charge on any atom is 0.203 e. The van der Waals surface area contributed by atoms with E-state index in [1.807, 2.05) is 12.4 Å². The summed E-state index contributed by atoms with van der Waals surface area (Å²) >= 11 is 0. The first-order valence-electron chi connectivity index (χ1n) is 7.59. The summed E-state index contributed by atoms with van der Waals surface area (Å²) in [5, 5.41) is 3.63. The van der Waals surface area contributed by atoms with Crippen molar-refractivity contribution in [3.05, 3.63) is 12.4 Å². The van der Waals surface area contributed by atoms with Crippen LogP contribution in [0.25, 0.3) is 0 Å². The first-order valence-corrected chi connectivity index (χ1v) is 7.59. The van der Waals surface area contributed by atoms with Gasteiger partial charge in [-0.25, -0.2) is 4.98 Å². The smallest absolute Gasteiger partial charge is 0.203 e. The van der Waals surface area contributed by atoms with E-state index in [1.165, 1.54) is 44.9 Å². The molecule has 1 unspecified atom stereocenters. The normalized spacial score (nSPS) is 19.7. The van der Waals surface area contributed by atoms with E-state index in [2.05, 4.69) is 21.8 Å². The highest BCUT2D eigenvalue weighted by Crippen LogP contribution is 2.21. The largest absolute Gasteiger partial charge is 0.383 e. The maximum absolute atomic E-state index is 5.23. The molecule has 1 aliphatic carbocycles. The predicted molar refractivity (Wildman–Crippen MR) is 78.5 cm³/mol. The number of hydrogen-bond donors (Lipinski definition) is 1. The Morgan fingerprint density at radius 2 is 2.00 bits per heavy atom. The second-order valence-electron chi connectivity index (χ2n) is 5.65. The Labute approximate surface area is 116 Å². The van der Waals surface area contributed by atoms with Crippen LogP contribution in [-0.2, 0) is 4.74 Å². The van der Waals surface area contributed by atoms with Gasteiger partial charge in [0, 0.05) is 25.5 Å². The number of rotatable bonds is 5. The van der Waals surface area contributed by atoms with Crippen LogP contribution in [-0.4, -0.2) is 29.3 Å². The fourth-order valence-electron chi connectivity index (χ4n) is 2.89. The summed E-state index contributed by atoms with van der Waals surface area (Å²) in [6.45, 7) is 2.88. The molecular formula is C15H27N3O. The first-order chi connectivity index (χ1) is 9.31. The monoisotopic (exact) mass is 265 g/mol. The van der Waals surface area contributed by atoms with E-state index in [-0.39, 0.29) is 0 Å². The van der Waals surface area contributed by atoms with Crippen LogP contribution in [0.3, 0.4) is 0 Å². The van der Waals surface area contributed by atoms with Crippen LogP contribution in [0.5, 0.6) is 0 Å². The molecule has 1 aliphatic rings. The van der Waals surface area contributed by atoms with Crippen LogP contribution in [0.15, 0.2) is 12.4 Å². The zero-order valence-electron chi connectivity index (χ0n) is 12.3. The van der Waals surface area contributed by atoms with E-state index in [9.17, 15) is 0 Å². The van der Waals surface area contributed by atoms with Crippen LogP contribution in [0, 0.1) is 0 Å². The lowest BCUT2D eigenvalue weighted by Gasteiger charge is -2.23. The van der Waals surface area contributed by atoms with Gasteiger partial charge in [-0.05, 0) is 19.8 Å². The number of aromatic nitrogens is 2. The fraction of sp³-hybridized carbons (Fsp3) is 0.800. The van der Waals surface area contributed by atoms with Crippen molar-refractivity contribution in [2.24, 2.45) is 0 Å². The summed E-state index contributed by atoms with van der Waals surface area (Å²) < 4.78 is 7.42. The Hall–Kier alpha value is -1.03. The molecule has 0 amide bonds. The Bertz CT molecular complexity index is 356. The van der Waals surface area contributed by atoms with Crippen LogP contribution >= 0.6 is 0 Å². The molecule has 4 nitrogen and oxygen atoms in total. The highest BCUT2D eigenvalue weighted by atomic mass is 16.5. The molecule has 0 saturated heterocycles. The summed E-state index contributed by atoms with van der Waals surface area (Å²) in [4.78, 5) is 4.46. The number of hydrogen-bond acceptors (Lipinski definition) is 3. The van der Waals surface area contributed by atoms with Gasteiger partial charge in [-0.1, -0.05) is 32.1 Å². The molecule has 1 aromatic rings. The Morgan fingerprint density at radius 1 is 1.32 bits per heavy atom. The van der Waals surface area contributed by atoms with E-state index in [1.54, 1.807) is 7.11 Å². The minimum atomic E-state index is 0.323. The zero-order chi connectivity index (χ0) is 13.5. The van der Waals surface area contributed by atoms with E-state index in [0.717, 1.165) is 12.6 Å². The summed E-state index contributed by atoms with van der Waals surface area (Å²) in [6, 6.07) is 0.903. The third kappa shape index (κ3) is 4.23. The Kier molecular flexibility index (Phi) is 5.70. The van der Waals surface area contributed by atoms with Gasteiger partial charge in [0.1, 0.15) is 0 Å². The lowest BCUT2D eigenvalue weighted by molar-refractivity contribution is 0.163. The summed E-state index contributed by atoms with van der Waals surface area (Å²) in [5.74, 6) is 0.995. The molecule has 1 heterocycles. The molecule has 0 aromatic carbocycles.